The highest BCUT2D eigenvalue weighted by atomic mass is 35.5. The van der Waals surface area contributed by atoms with E-state index in [2.05, 4.69) is 5.10 Å². The van der Waals surface area contributed by atoms with Crippen LogP contribution in [0.3, 0.4) is 0 Å². The second-order valence-electron chi connectivity index (χ2n) is 8.98. The molecule has 3 aromatic rings. The summed E-state index contributed by atoms with van der Waals surface area (Å²) >= 11 is 6.24. The molecule has 0 saturated heterocycles. The molecule has 33 heavy (non-hydrogen) atoms. The van der Waals surface area contributed by atoms with Crippen molar-refractivity contribution in [3.8, 4) is 0 Å². The average molecular weight is 466 g/mol. The number of fused-ring (bicyclic) bond motifs is 2. The Balaban J connectivity index is 1.41. The number of carbonyl (C=O) groups excluding carboxylic acids is 2. The Labute approximate surface area is 197 Å². The zero-order valence-corrected chi connectivity index (χ0v) is 19.2. The number of benzene rings is 2. The number of aryl methyl sites for hydroxylation is 2. The van der Waals surface area contributed by atoms with Crippen molar-refractivity contribution >= 4 is 29.0 Å². The third-order valence-electron chi connectivity index (χ3n) is 6.91. The molecule has 0 radical (unpaired) electrons. The molecule has 5 nitrogen and oxygen atoms in total. The van der Waals surface area contributed by atoms with Crippen molar-refractivity contribution < 1.29 is 14.0 Å². The molecular weight excluding hydrogens is 441 g/mol. The number of Topliss-reactive ketones (excluding diaryl/α,β-unsaturated/α-hetero) is 1. The first kappa shape index (κ1) is 21.8. The molecule has 1 amide bonds. The smallest absolute Gasteiger partial charge is 0.258 e. The summed E-state index contributed by atoms with van der Waals surface area (Å²) in [4.78, 5) is 27.4. The topological polar surface area (TPSA) is 55.2 Å². The maximum absolute atomic E-state index is 14.9. The van der Waals surface area contributed by atoms with Crippen LogP contribution in [0.25, 0.3) is 0 Å². The lowest BCUT2D eigenvalue weighted by atomic mass is 9.80. The molecule has 0 atom stereocenters. The molecule has 1 saturated carbocycles. The van der Waals surface area contributed by atoms with Crippen molar-refractivity contribution in [3.05, 3.63) is 81.4 Å². The number of anilines is 1. The van der Waals surface area contributed by atoms with Gasteiger partial charge in [0.05, 0.1) is 12.7 Å². The predicted molar refractivity (Wildman–Crippen MR) is 125 cm³/mol. The number of ketones is 1. The van der Waals surface area contributed by atoms with Crippen molar-refractivity contribution in [1.82, 2.24) is 9.78 Å². The number of aromatic nitrogens is 2. The van der Waals surface area contributed by atoms with E-state index in [1.165, 1.54) is 6.07 Å². The molecule has 0 bridgehead atoms. The molecule has 0 spiro atoms. The van der Waals surface area contributed by atoms with E-state index in [1.807, 2.05) is 23.9 Å². The molecule has 0 unspecified atom stereocenters. The SMILES string of the molecule is Cn1ncc2c1Cc1cc(Cl)ccc1N(C(=O)c1ccc(CCC(=O)C3CCC3)c(F)c1)C2. The Morgan fingerprint density at radius 2 is 1.97 bits per heavy atom. The van der Waals surface area contributed by atoms with Gasteiger partial charge in [-0.15, -0.1) is 0 Å². The summed E-state index contributed by atoms with van der Waals surface area (Å²) in [7, 11) is 1.88. The van der Waals surface area contributed by atoms with Gasteiger partial charge in [0.25, 0.3) is 5.91 Å². The molecule has 0 N–H and O–H groups in total. The molecule has 1 aliphatic heterocycles. The van der Waals surface area contributed by atoms with Crippen LogP contribution in [0.2, 0.25) is 5.02 Å². The van der Waals surface area contributed by atoms with E-state index in [0.717, 1.165) is 41.8 Å². The summed E-state index contributed by atoms with van der Waals surface area (Å²) in [5.74, 6) is -0.363. The van der Waals surface area contributed by atoms with Gasteiger partial charge in [-0.3, -0.25) is 14.3 Å². The fourth-order valence-corrected chi connectivity index (χ4v) is 4.87. The van der Waals surface area contributed by atoms with E-state index in [-0.39, 0.29) is 23.2 Å². The number of carbonyl (C=O) groups is 2. The van der Waals surface area contributed by atoms with Crippen molar-refractivity contribution in [2.75, 3.05) is 4.90 Å². The largest absolute Gasteiger partial charge is 0.304 e. The van der Waals surface area contributed by atoms with Gasteiger partial charge in [-0.05, 0) is 60.7 Å². The van der Waals surface area contributed by atoms with E-state index >= 15 is 0 Å². The van der Waals surface area contributed by atoms with Crippen molar-refractivity contribution in [2.45, 2.75) is 45.1 Å². The van der Waals surface area contributed by atoms with Crippen LogP contribution in [-0.4, -0.2) is 21.5 Å². The molecule has 1 aromatic heterocycles. The van der Waals surface area contributed by atoms with Crippen LogP contribution in [-0.2, 0) is 31.2 Å². The van der Waals surface area contributed by atoms with Crippen LogP contribution in [0.15, 0.2) is 42.6 Å². The minimum absolute atomic E-state index is 0.155. The summed E-state index contributed by atoms with van der Waals surface area (Å²) in [5, 5.41) is 4.94. The lowest BCUT2D eigenvalue weighted by Crippen LogP contribution is -2.30. The van der Waals surface area contributed by atoms with Gasteiger partial charge in [-0.2, -0.15) is 5.10 Å². The van der Waals surface area contributed by atoms with E-state index in [1.54, 1.807) is 29.3 Å². The van der Waals surface area contributed by atoms with Crippen molar-refractivity contribution in [2.24, 2.45) is 13.0 Å². The molecular formula is C26H25ClFN3O2. The highest BCUT2D eigenvalue weighted by Crippen LogP contribution is 2.34. The van der Waals surface area contributed by atoms with Crippen molar-refractivity contribution in [3.63, 3.8) is 0 Å². The number of halogens is 2. The Kier molecular flexibility index (Phi) is 5.79. The zero-order chi connectivity index (χ0) is 23.1. The van der Waals surface area contributed by atoms with Gasteiger partial charge in [0, 0.05) is 53.3 Å². The summed E-state index contributed by atoms with van der Waals surface area (Å²) in [6.45, 7) is 0.343. The fraction of sp³-hybridized carbons (Fsp3) is 0.346. The maximum atomic E-state index is 14.9. The molecule has 7 heteroatoms. The summed E-state index contributed by atoms with van der Waals surface area (Å²) in [6.07, 6.45) is 6.10. The average Bonchev–Trinajstić information content (AvgIpc) is 3.00. The summed E-state index contributed by atoms with van der Waals surface area (Å²) in [6, 6.07) is 10.0. The highest BCUT2D eigenvalue weighted by molar-refractivity contribution is 6.30. The van der Waals surface area contributed by atoms with Crippen LogP contribution in [0.4, 0.5) is 10.1 Å². The number of nitrogens with zero attached hydrogens (tertiary/aromatic N) is 3. The van der Waals surface area contributed by atoms with Gasteiger partial charge >= 0.3 is 0 Å². The monoisotopic (exact) mass is 465 g/mol. The van der Waals surface area contributed by atoms with Gasteiger partial charge in [0.15, 0.2) is 0 Å². The molecule has 170 valence electrons. The first-order valence-electron chi connectivity index (χ1n) is 11.3. The number of amides is 1. The minimum Gasteiger partial charge on any atom is -0.304 e. The zero-order valence-electron chi connectivity index (χ0n) is 18.5. The Bertz CT molecular complexity index is 1250. The third-order valence-corrected chi connectivity index (χ3v) is 7.15. The van der Waals surface area contributed by atoms with Crippen molar-refractivity contribution in [1.29, 1.82) is 0 Å². The van der Waals surface area contributed by atoms with Gasteiger partial charge in [-0.25, -0.2) is 4.39 Å². The lowest BCUT2D eigenvalue weighted by molar-refractivity contribution is -0.125. The van der Waals surface area contributed by atoms with Gasteiger partial charge in [0.1, 0.15) is 11.6 Å². The fourth-order valence-electron chi connectivity index (χ4n) is 4.68. The maximum Gasteiger partial charge on any atom is 0.258 e. The second-order valence-corrected chi connectivity index (χ2v) is 9.42. The standard InChI is InChI=1S/C26H25ClFN3O2/c1-30-24-13-19-11-21(27)8-9-23(19)31(15-20(24)14-29-30)26(33)18-6-5-16(22(28)12-18)7-10-25(32)17-3-2-4-17/h5-6,8-9,11-12,14,17H,2-4,7,10,13,15H2,1H3. The van der Waals surface area contributed by atoms with E-state index in [4.69, 9.17) is 11.6 Å². The van der Waals surface area contributed by atoms with Crippen LogP contribution in [0.1, 0.15) is 58.4 Å². The van der Waals surface area contributed by atoms with Crippen LogP contribution < -0.4 is 4.90 Å². The van der Waals surface area contributed by atoms with Crippen LogP contribution in [0, 0.1) is 11.7 Å². The highest BCUT2D eigenvalue weighted by Gasteiger charge is 2.28. The molecule has 2 aromatic carbocycles. The van der Waals surface area contributed by atoms with Gasteiger partial charge in [-0.1, -0.05) is 24.1 Å². The predicted octanol–water partition coefficient (Wildman–Crippen LogP) is 5.27. The first-order valence-corrected chi connectivity index (χ1v) is 11.7. The molecule has 1 fully saturated rings. The Hall–Kier alpha value is -2.99. The lowest BCUT2D eigenvalue weighted by Gasteiger charge is -2.24. The van der Waals surface area contributed by atoms with Gasteiger partial charge in [0.2, 0.25) is 0 Å². The molecule has 5 rings (SSSR count). The van der Waals surface area contributed by atoms with Crippen LogP contribution >= 0.6 is 11.6 Å². The van der Waals surface area contributed by atoms with Gasteiger partial charge < -0.3 is 4.90 Å². The number of hydrogen-bond acceptors (Lipinski definition) is 3. The number of rotatable bonds is 5. The second kappa shape index (κ2) is 8.75. The molecule has 1 aliphatic carbocycles. The molecule has 2 heterocycles. The quantitative estimate of drug-likeness (QED) is 0.516. The summed E-state index contributed by atoms with van der Waals surface area (Å²) < 4.78 is 16.7. The molecule has 2 aliphatic rings. The van der Waals surface area contributed by atoms with E-state index in [0.29, 0.717) is 36.4 Å². The normalized spacial score (nSPS) is 15.4. The van der Waals surface area contributed by atoms with E-state index in [9.17, 15) is 14.0 Å². The minimum atomic E-state index is -0.449. The Morgan fingerprint density at radius 1 is 1.15 bits per heavy atom. The first-order chi connectivity index (χ1) is 15.9. The van der Waals surface area contributed by atoms with Crippen LogP contribution in [0.5, 0.6) is 0 Å². The van der Waals surface area contributed by atoms with E-state index < -0.39 is 5.82 Å². The third kappa shape index (κ3) is 4.20. The number of hydrogen-bond donors (Lipinski definition) is 0. The summed E-state index contributed by atoms with van der Waals surface area (Å²) in [5.41, 5.74) is 4.39. The Morgan fingerprint density at radius 3 is 2.70 bits per heavy atom.